The van der Waals surface area contributed by atoms with Gasteiger partial charge in [0.1, 0.15) is 23.1 Å². The molecule has 4 rings (SSSR count). The molecule has 136 valence electrons. The lowest BCUT2D eigenvalue weighted by atomic mass is 9.99. The van der Waals surface area contributed by atoms with Gasteiger partial charge in [-0.2, -0.15) is 9.97 Å². The Morgan fingerprint density at radius 3 is 1.96 bits per heavy atom. The number of hydrogen-bond donors (Lipinski definition) is 2. The van der Waals surface area contributed by atoms with Crippen LogP contribution < -0.4 is 10.6 Å². The fourth-order valence-electron chi connectivity index (χ4n) is 3.15. The van der Waals surface area contributed by atoms with Gasteiger partial charge in [0.25, 0.3) is 0 Å². The molecule has 2 aromatic carbocycles. The van der Waals surface area contributed by atoms with Gasteiger partial charge in [-0.25, -0.2) is 8.78 Å². The van der Waals surface area contributed by atoms with E-state index in [4.69, 9.17) is 5.73 Å². The smallest absolute Gasteiger partial charge is 0.223 e. The molecule has 0 amide bonds. The van der Waals surface area contributed by atoms with Gasteiger partial charge >= 0.3 is 0 Å². The number of rotatable bonds is 3. The van der Waals surface area contributed by atoms with Crippen LogP contribution >= 0.6 is 0 Å². The molecule has 7 heteroatoms. The van der Waals surface area contributed by atoms with E-state index < -0.39 is 0 Å². The molecule has 5 nitrogen and oxygen atoms in total. The van der Waals surface area contributed by atoms with Crippen LogP contribution in [0.5, 0.6) is 0 Å². The second-order valence-electron chi connectivity index (χ2n) is 6.41. The van der Waals surface area contributed by atoms with E-state index in [9.17, 15) is 8.78 Å². The van der Waals surface area contributed by atoms with Crippen LogP contribution in [0.2, 0.25) is 0 Å². The van der Waals surface area contributed by atoms with E-state index in [2.05, 4.69) is 15.0 Å². The van der Waals surface area contributed by atoms with Crippen molar-refractivity contribution in [1.82, 2.24) is 15.0 Å². The Morgan fingerprint density at radius 1 is 0.852 bits per heavy atom. The van der Waals surface area contributed by atoms with E-state index in [0.29, 0.717) is 11.5 Å². The van der Waals surface area contributed by atoms with Gasteiger partial charge in [-0.15, -0.1) is 0 Å². The van der Waals surface area contributed by atoms with Crippen LogP contribution in [-0.2, 0) is 0 Å². The molecule has 0 bridgehead atoms. The number of aromatic amines is 1. The van der Waals surface area contributed by atoms with Gasteiger partial charge in [-0.05, 0) is 47.5 Å². The van der Waals surface area contributed by atoms with Crippen LogP contribution in [0.3, 0.4) is 0 Å². The Morgan fingerprint density at radius 2 is 1.41 bits per heavy atom. The molecule has 3 N–H and O–H groups in total. The summed E-state index contributed by atoms with van der Waals surface area (Å²) in [5.74, 6) is 0.136. The van der Waals surface area contributed by atoms with Crippen molar-refractivity contribution in [2.24, 2.45) is 0 Å². The lowest BCUT2D eigenvalue weighted by Gasteiger charge is -2.14. The second kappa shape index (κ2) is 6.35. The van der Waals surface area contributed by atoms with Crippen LogP contribution in [0.25, 0.3) is 33.4 Å². The predicted octanol–water partition coefficient (Wildman–Crippen LogP) is 4.22. The standard InChI is InChI=1S/C20H17F2N5/c1-27(2)19-16-15(11-3-7-13(21)8-4-11)17(12-5-9-14(22)10-6-12)24-18(16)25-20(23)26-19/h3-10H,1-2H3,(H3,23,24,25,26). The summed E-state index contributed by atoms with van der Waals surface area (Å²) in [7, 11) is 3.72. The maximum Gasteiger partial charge on any atom is 0.223 e. The Balaban J connectivity index is 2.10. The van der Waals surface area contributed by atoms with E-state index in [1.165, 1.54) is 24.3 Å². The molecule has 0 saturated carbocycles. The van der Waals surface area contributed by atoms with Crippen LogP contribution in [0, 0.1) is 11.6 Å². The summed E-state index contributed by atoms with van der Waals surface area (Å²) in [6, 6.07) is 12.3. The zero-order valence-electron chi connectivity index (χ0n) is 14.8. The van der Waals surface area contributed by atoms with Crippen molar-refractivity contribution in [2.75, 3.05) is 24.7 Å². The highest BCUT2D eigenvalue weighted by Crippen LogP contribution is 2.41. The molecule has 0 unspecified atom stereocenters. The normalized spacial score (nSPS) is 11.1. The number of anilines is 2. The first-order chi connectivity index (χ1) is 12.9. The molecule has 0 radical (unpaired) electrons. The highest BCUT2D eigenvalue weighted by Gasteiger charge is 2.21. The van der Waals surface area contributed by atoms with E-state index in [1.54, 1.807) is 24.3 Å². The summed E-state index contributed by atoms with van der Waals surface area (Å²) in [6.07, 6.45) is 0. The summed E-state index contributed by atoms with van der Waals surface area (Å²) in [5.41, 5.74) is 9.54. The third kappa shape index (κ3) is 2.97. The number of nitrogens with two attached hydrogens (primary N) is 1. The minimum atomic E-state index is -0.324. The largest absolute Gasteiger partial charge is 0.368 e. The third-order valence-electron chi connectivity index (χ3n) is 4.34. The number of nitrogens with zero attached hydrogens (tertiary/aromatic N) is 3. The van der Waals surface area contributed by atoms with Crippen molar-refractivity contribution in [3.05, 3.63) is 60.2 Å². The summed E-state index contributed by atoms with van der Waals surface area (Å²) < 4.78 is 26.9. The minimum absolute atomic E-state index is 0.142. The molecule has 0 atom stereocenters. The number of H-pyrrole nitrogens is 1. The van der Waals surface area contributed by atoms with Gasteiger partial charge in [0.15, 0.2) is 0 Å². The molecular formula is C20H17F2N5. The Labute approximate surface area is 154 Å². The first-order valence-electron chi connectivity index (χ1n) is 8.32. The SMILES string of the molecule is CN(C)c1nc(N)nc2[nH]c(-c3ccc(F)cc3)c(-c3ccc(F)cc3)c12. The monoisotopic (exact) mass is 365 g/mol. The lowest BCUT2D eigenvalue weighted by molar-refractivity contribution is 0.627. The van der Waals surface area contributed by atoms with E-state index in [1.807, 2.05) is 19.0 Å². The molecule has 0 aliphatic carbocycles. The molecule has 27 heavy (non-hydrogen) atoms. The quantitative estimate of drug-likeness (QED) is 0.570. The van der Waals surface area contributed by atoms with Crippen molar-refractivity contribution in [3.8, 4) is 22.4 Å². The molecular weight excluding hydrogens is 348 g/mol. The number of benzene rings is 2. The zero-order valence-corrected chi connectivity index (χ0v) is 14.8. The summed E-state index contributed by atoms with van der Waals surface area (Å²) >= 11 is 0. The molecule has 0 saturated heterocycles. The fourth-order valence-corrected chi connectivity index (χ4v) is 3.15. The van der Waals surface area contributed by atoms with Gasteiger partial charge < -0.3 is 15.6 Å². The van der Waals surface area contributed by atoms with E-state index in [-0.39, 0.29) is 17.6 Å². The summed E-state index contributed by atoms with van der Waals surface area (Å²) in [4.78, 5) is 13.8. The number of aromatic nitrogens is 3. The molecule has 4 aromatic rings. The number of hydrogen-bond acceptors (Lipinski definition) is 4. The third-order valence-corrected chi connectivity index (χ3v) is 4.34. The zero-order chi connectivity index (χ0) is 19.1. The average molecular weight is 365 g/mol. The van der Waals surface area contributed by atoms with Crippen LogP contribution in [0.1, 0.15) is 0 Å². The molecule has 2 heterocycles. The molecule has 0 spiro atoms. The maximum absolute atomic E-state index is 13.5. The Hall–Kier alpha value is -3.48. The highest BCUT2D eigenvalue weighted by atomic mass is 19.1. The average Bonchev–Trinajstić information content (AvgIpc) is 3.01. The second-order valence-corrected chi connectivity index (χ2v) is 6.41. The fraction of sp³-hybridized carbons (Fsp3) is 0.100. The number of nitrogens with one attached hydrogen (secondary N) is 1. The van der Waals surface area contributed by atoms with Gasteiger partial charge in [0.05, 0.1) is 11.1 Å². The molecule has 0 aliphatic heterocycles. The van der Waals surface area contributed by atoms with E-state index >= 15 is 0 Å². The van der Waals surface area contributed by atoms with Crippen molar-refractivity contribution in [2.45, 2.75) is 0 Å². The van der Waals surface area contributed by atoms with Gasteiger partial charge in [0.2, 0.25) is 5.95 Å². The van der Waals surface area contributed by atoms with Crippen LogP contribution in [-0.4, -0.2) is 29.0 Å². The first-order valence-corrected chi connectivity index (χ1v) is 8.32. The number of halogens is 2. The minimum Gasteiger partial charge on any atom is -0.368 e. The predicted molar refractivity (Wildman–Crippen MR) is 103 cm³/mol. The summed E-state index contributed by atoms with van der Waals surface area (Å²) in [6.45, 7) is 0. The van der Waals surface area contributed by atoms with Crippen molar-refractivity contribution >= 4 is 22.8 Å². The van der Waals surface area contributed by atoms with E-state index in [0.717, 1.165) is 27.8 Å². The number of nitrogen functional groups attached to an aromatic ring is 1. The molecule has 0 aliphatic rings. The van der Waals surface area contributed by atoms with Gasteiger partial charge in [-0.3, -0.25) is 0 Å². The Bertz CT molecular complexity index is 1120. The lowest BCUT2D eigenvalue weighted by Crippen LogP contribution is -2.13. The van der Waals surface area contributed by atoms with Gasteiger partial charge in [0, 0.05) is 19.7 Å². The first kappa shape index (κ1) is 17.0. The summed E-state index contributed by atoms with van der Waals surface area (Å²) in [5, 5.41) is 0.764. The van der Waals surface area contributed by atoms with Crippen LogP contribution in [0.4, 0.5) is 20.5 Å². The highest BCUT2D eigenvalue weighted by molar-refractivity contribution is 6.08. The molecule has 2 aromatic heterocycles. The van der Waals surface area contributed by atoms with Gasteiger partial charge in [-0.1, -0.05) is 12.1 Å². The Kier molecular flexibility index (Phi) is 3.99. The topological polar surface area (TPSA) is 70.8 Å². The van der Waals surface area contributed by atoms with Crippen molar-refractivity contribution < 1.29 is 8.78 Å². The van der Waals surface area contributed by atoms with Crippen LogP contribution in [0.15, 0.2) is 48.5 Å². The number of fused-ring (bicyclic) bond motifs is 1. The van der Waals surface area contributed by atoms with Crippen molar-refractivity contribution in [3.63, 3.8) is 0 Å². The molecule has 0 fully saturated rings. The van der Waals surface area contributed by atoms with Crippen molar-refractivity contribution in [1.29, 1.82) is 0 Å². The maximum atomic E-state index is 13.5.